The number of sulfonamides is 1. The number of hydrogen-bond acceptors (Lipinski definition) is 9. The van der Waals surface area contributed by atoms with Crippen LogP contribution in [0.3, 0.4) is 0 Å². The van der Waals surface area contributed by atoms with Crippen LogP contribution in [0.5, 0.6) is 0 Å². The van der Waals surface area contributed by atoms with E-state index >= 15 is 4.39 Å². The number of anilines is 2. The van der Waals surface area contributed by atoms with Crippen molar-refractivity contribution in [2.24, 2.45) is 0 Å². The third-order valence-corrected chi connectivity index (χ3v) is 7.58. The minimum atomic E-state index is -4.78. The zero-order valence-corrected chi connectivity index (χ0v) is 23.8. The van der Waals surface area contributed by atoms with Crippen LogP contribution in [0.2, 0.25) is 5.02 Å². The van der Waals surface area contributed by atoms with Crippen molar-refractivity contribution in [3.05, 3.63) is 33.9 Å². The Kier molecular flexibility index (Phi) is 8.30. The second kappa shape index (κ2) is 10.6. The molecule has 204 valence electrons. The van der Waals surface area contributed by atoms with Gasteiger partial charge in [0.2, 0.25) is 0 Å². The predicted molar refractivity (Wildman–Crippen MR) is 139 cm³/mol. The van der Waals surface area contributed by atoms with Gasteiger partial charge < -0.3 is 19.7 Å². The largest absolute Gasteiger partial charge is 0.444 e. The number of likely N-dealkylation sites (tertiary alicyclic amines) is 1. The highest BCUT2D eigenvalue weighted by Crippen LogP contribution is 2.34. The number of halogens is 2. The first-order valence-electron chi connectivity index (χ1n) is 11.4. The van der Waals surface area contributed by atoms with E-state index in [2.05, 4.69) is 10.3 Å². The van der Waals surface area contributed by atoms with Crippen molar-refractivity contribution < 1.29 is 31.9 Å². The van der Waals surface area contributed by atoms with Crippen LogP contribution < -0.4 is 9.62 Å². The average Bonchev–Trinajstić information content (AvgIpc) is 3.41. The number of hydrogen-bond donors (Lipinski definition) is 1. The molecule has 2 amide bonds. The van der Waals surface area contributed by atoms with Crippen LogP contribution in [0, 0.1) is 5.82 Å². The van der Waals surface area contributed by atoms with Crippen LogP contribution in [0.4, 0.5) is 25.5 Å². The lowest BCUT2D eigenvalue weighted by Crippen LogP contribution is -2.41. The van der Waals surface area contributed by atoms with Crippen molar-refractivity contribution in [1.29, 1.82) is 0 Å². The lowest BCUT2D eigenvalue weighted by Gasteiger charge is -2.26. The Hall–Kier alpha value is -2.64. The van der Waals surface area contributed by atoms with Crippen molar-refractivity contribution in [1.82, 2.24) is 9.88 Å². The van der Waals surface area contributed by atoms with Gasteiger partial charge in [-0.15, -0.1) is 15.6 Å². The SMILES string of the molecule is CC(C)(C)OC(=O)N1CCC(Nc2ccc(S(=O)(=O)N(C(=O)OC(C)(C)C)c3cscn3)c(F)c2Cl)C1. The van der Waals surface area contributed by atoms with E-state index in [1.807, 2.05) is 0 Å². The summed E-state index contributed by atoms with van der Waals surface area (Å²) in [6.45, 7) is 10.7. The highest BCUT2D eigenvalue weighted by molar-refractivity contribution is 7.93. The molecule has 1 aromatic carbocycles. The first-order valence-corrected chi connectivity index (χ1v) is 14.1. The van der Waals surface area contributed by atoms with E-state index in [9.17, 15) is 18.0 Å². The fourth-order valence-corrected chi connectivity index (χ4v) is 5.66. The van der Waals surface area contributed by atoms with Crippen LogP contribution in [-0.4, -0.2) is 60.8 Å². The molecule has 37 heavy (non-hydrogen) atoms. The van der Waals surface area contributed by atoms with Gasteiger partial charge in [0.15, 0.2) is 11.6 Å². The third kappa shape index (κ3) is 7.02. The van der Waals surface area contributed by atoms with E-state index in [1.54, 1.807) is 41.5 Å². The maximum Gasteiger partial charge on any atom is 0.430 e. The van der Waals surface area contributed by atoms with E-state index in [0.29, 0.717) is 23.8 Å². The van der Waals surface area contributed by atoms with Crippen LogP contribution in [-0.2, 0) is 19.5 Å². The van der Waals surface area contributed by atoms with Gasteiger partial charge in [-0.1, -0.05) is 11.6 Å². The number of nitrogens with one attached hydrogen (secondary N) is 1. The second-order valence-electron chi connectivity index (χ2n) is 10.4. The Morgan fingerprint density at radius 1 is 1.19 bits per heavy atom. The molecule has 10 nitrogen and oxygen atoms in total. The van der Waals surface area contributed by atoms with Crippen LogP contribution >= 0.6 is 22.9 Å². The molecule has 1 aliphatic heterocycles. The molecule has 2 heterocycles. The van der Waals surface area contributed by atoms with Gasteiger partial charge in [-0.2, -0.15) is 0 Å². The standard InChI is InChI=1S/C23H30ClFN4O6S2/c1-22(2,3)34-20(30)28-10-9-14(11-28)27-15-7-8-16(19(25)18(15)24)37(32,33)29(17-12-36-13-26-17)21(31)35-23(4,5)6/h7-8,12-14,27H,9-11H2,1-6H3. The molecule has 1 saturated heterocycles. The zero-order chi connectivity index (χ0) is 27.8. The van der Waals surface area contributed by atoms with E-state index in [0.717, 1.165) is 17.4 Å². The number of aromatic nitrogens is 1. The number of carbonyl (C=O) groups is 2. The average molecular weight is 577 g/mol. The van der Waals surface area contributed by atoms with Gasteiger partial charge in [0.05, 0.1) is 11.2 Å². The maximum absolute atomic E-state index is 15.4. The third-order valence-electron chi connectivity index (χ3n) is 4.95. The van der Waals surface area contributed by atoms with Gasteiger partial charge in [0.25, 0.3) is 10.0 Å². The van der Waals surface area contributed by atoms with Gasteiger partial charge in [-0.25, -0.2) is 27.4 Å². The summed E-state index contributed by atoms with van der Waals surface area (Å²) in [6.07, 6.45) is -1.14. The molecule has 0 bridgehead atoms. The van der Waals surface area contributed by atoms with Crippen LogP contribution in [0.15, 0.2) is 27.9 Å². The molecule has 3 rings (SSSR count). The highest BCUT2D eigenvalue weighted by atomic mass is 35.5. The topological polar surface area (TPSA) is 118 Å². The predicted octanol–water partition coefficient (Wildman–Crippen LogP) is 5.49. The summed E-state index contributed by atoms with van der Waals surface area (Å²) in [5, 5.41) is 3.91. The summed E-state index contributed by atoms with van der Waals surface area (Å²) in [5.41, 5.74) is -0.172. The van der Waals surface area contributed by atoms with Crippen molar-refractivity contribution in [3.63, 3.8) is 0 Å². The molecule has 0 radical (unpaired) electrons. The Morgan fingerprint density at radius 2 is 1.84 bits per heavy atom. The quantitative estimate of drug-likeness (QED) is 0.496. The van der Waals surface area contributed by atoms with Gasteiger partial charge in [0.1, 0.15) is 21.1 Å². The monoisotopic (exact) mass is 576 g/mol. The summed E-state index contributed by atoms with van der Waals surface area (Å²) in [5.74, 6) is -1.47. The van der Waals surface area contributed by atoms with Gasteiger partial charge in [-0.05, 0) is 60.1 Å². The number of benzene rings is 1. The molecule has 1 fully saturated rings. The minimum Gasteiger partial charge on any atom is -0.444 e. The summed E-state index contributed by atoms with van der Waals surface area (Å²) in [7, 11) is -4.78. The molecule has 1 aromatic heterocycles. The zero-order valence-electron chi connectivity index (χ0n) is 21.4. The van der Waals surface area contributed by atoms with Gasteiger partial charge >= 0.3 is 12.2 Å². The summed E-state index contributed by atoms with van der Waals surface area (Å²) in [4.78, 5) is 29.7. The summed E-state index contributed by atoms with van der Waals surface area (Å²) >= 11 is 7.28. The van der Waals surface area contributed by atoms with Crippen molar-refractivity contribution in [2.45, 2.75) is 70.1 Å². The van der Waals surface area contributed by atoms with Crippen molar-refractivity contribution in [2.75, 3.05) is 22.7 Å². The van der Waals surface area contributed by atoms with E-state index in [4.69, 9.17) is 21.1 Å². The summed E-state index contributed by atoms with van der Waals surface area (Å²) < 4.78 is 53.2. The molecule has 14 heteroatoms. The second-order valence-corrected chi connectivity index (χ2v) is 13.2. The van der Waals surface area contributed by atoms with Crippen LogP contribution in [0.25, 0.3) is 0 Å². The number of carbonyl (C=O) groups excluding carboxylic acids is 2. The van der Waals surface area contributed by atoms with Crippen molar-refractivity contribution in [3.8, 4) is 0 Å². The molecule has 0 aliphatic carbocycles. The molecule has 0 saturated carbocycles. The Bertz CT molecular complexity index is 1260. The fraction of sp³-hybridized carbons (Fsp3) is 0.522. The van der Waals surface area contributed by atoms with E-state index in [-0.39, 0.29) is 17.5 Å². The number of ether oxygens (including phenoxy) is 2. The lowest BCUT2D eigenvalue weighted by atomic mass is 10.2. The molecular formula is C23H30ClFN4O6S2. The molecular weight excluding hydrogens is 547 g/mol. The minimum absolute atomic E-state index is 0.145. The first-order chi connectivity index (χ1) is 17.0. The smallest absolute Gasteiger partial charge is 0.430 e. The number of amides is 2. The van der Waals surface area contributed by atoms with Gasteiger partial charge in [-0.3, -0.25) is 0 Å². The first kappa shape index (κ1) is 28.9. The molecule has 1 N–H and O–H groups in total. The number of thiazole rings is 1. The maximum atomic E-state index is 15.4. The van der Waals surface area contributed by atoms with E-state index < -0.39 is 49.1 Å². The molecule has 1 unspecified atom stereocenters. The highest BCUT2D eigenvalue weighted by Gasteiger charge is 2.39. The Labute approximate surface area is 224 Å². The van der Waals surface area contributed by atoms with Crippen LogP contribution in [0.1, 0.15) is 48.0 Å². The molecule has 2 aromatic rings. The Morgan fingerprint density at radius 3 is 2.41 bits per heavy atom. The Balaban J connectivity index is 1.85. The molecule has 0 spiro atoms. The lowest BCUT2D eigenvalue weighted by molar-refractivity contribution is 0.0293. The number of nitrogens with zero attached hydrogens (tertiary/aromatic N) is 3. The summed E-state index contributed by atoms with van der Waals surface area (Å²) in [6, 6.07) is 2.06. The van der Waals surface area contributed by atoms with E-state index in [1.165, 1.54) is 21.9 Å². The van der Waals surface area contributed by atoms with Crippen molar-refractivity contribution >= 4 is 56.7 Å². The number of rotatable bonds is 5. The normalized spacial score (nSPS) is 16.4. The van der Waals surface area contributed by atoms with Gasteiger partial charge in [0, 0.05) is 24.5 Å². The molecule has 1 aliphatic rings. The fourth-order valence-electron chi connectivity index (χ4n) is 3.46. The molecule has 1 atom stereocenters.